The second-order valence-electron chi connectivity index (χ2n) is 6.56. The van der Waals surface area contributed by atoms with Gasteiger partial charge in [-0.25, -0.2) is 4.98 Å². The van der Waals surface area contributed by atoms with Gasteiger partial charge in [0.15, 0.2) is 0 Å². The molecule has 1 aliphatic rings. The molecule has 5 nitrogen and oxygen atoms in total. The summed E-state index contributed by atoms with van der Waals surface area (Å²) >= 11 is 12.1. The van der Waals surface area contributed by atoms with Crippen molar-refractivity contribution in [1.82, 2.24) is 14.9 Å². The van der Waals surface area contributed by atoms with Gasteiger partial charge in [0.2, 0.25) is 0 Å². The standard InChI is InChI=1S/C19H18Cl2N4O/c20-12-8-15(21)17(16(22)9-12)19(26)25-6-3-11(4-7-25)14-10-24-18-13(14)2-1-5-23-18/h1-2,5,8-11H,3-4,6-7,22H2,(H,23,24). The number of amides is 1. The average molecular weight is 389 g/mol. The van der Waals surface area contributed by atoms with Crippen LogP contribution in [-0.2, 0) is 0 Å². The zero-order valence-corrected chi connectivity index (χ0v) is 15.5. The number of nitrogens with two attached hydrogens (primary N) is 1. The number of piperidine rings is 1. The fraction of sp³-hybridized carbons (Fsp3) is 0.263. The largest absolute Gasteiger partial charge is 0.398 e. The Bertz CT molecular complexity index is 954. The molecule has 1 saturated heterocycles. The first-order chi connectivity index (χ1) is 12.5. The Kier molecular flexibility index (Phi) is 4.51. The maximum atomic E-state index is 12.9. The Hall–Kier alpha value is -2.24. The highest BCUT2D eigenvalue weighted by Gasteiger charge is 2.28. The van der Waals surface area contributed by atoms with Gasteiger partial charge in [-0.15, -0.1) is 0 Å². The Balaban J connectivity index is 1.51. The van der Waals surface area contributed by atoms with Crippen molar-refractivity contribution in [2.45, 2.75) is 18.8 Å². The molecular weight excluding hydrogens is 371 g/mol. The lowest BCUT2D eigenvalue weighted by atomic mass is 9.89. The summed E-state index contributed by atoms with van der Waals surface area (Å²) in [7, 11) is 0. The fourth-order valence-corrected chi connectivity index (χ4v) is 4.28. The van der Waals surface area contributed by atoms with Crippen LogP contribution in [0.2, 0.25) is 10.0 Å². The molecule has 0 saturated carbocycles. The Morgan fingerprint density at radius 1 is 1.27 bits per heavy atom. The highest BCUT2D eigenvalue weighted by Crippen LogP contribution is 2.34. The summed E-state index contributed by atoms with van der Waals surface area (Å²) in [6, 6.07) is 7.15. The summed E-state index contributed by atoms with van der Waals surface area (Å²) in [4.78, 5) is 22.2. The first-order valence-electron chi connectivity index (χ1n) is 8.50. The minimum absolute atomic E-state index is 0.136. The monoisotopic (exact) mass is 388 g/mol. The van der Waals surface area contributed by atoms with E-state index in [1.54, 1.807) is 18.3 Å². The molecule has 1 aromatic carbocycles. The van der Waals surface area contributed by atoms with Crippen molar-refractivity contribution >= 4 is 45.8 Å². The van der Waals surface area contributed by atoms with E-state index in [4.69, 9.17) is 28.9 Å². The van der Waals surface area contributed by atoms with Gasteiger partial charge in [0.05, 0.1) is 10.6 Å². The fourth-order valence-electron chi connectivity index (χ4n) is 3.69. The number of halogens is 2. The molecule has 7 heteroatoms. The molecule has 26 heavy (non-hydrogen) atoms. The van der Waals surface area contributed by atoms with Crippen molar-refractivity contribution < 1.29 is 4.79 Å². The molecular formula is C19H18Cl2N4O. The van der Waals surface area contributed by atoms with E-state index in [-0.39, 0.29) is 5.91 Å². The minimum Gasteiger partial charge on any atom is -0.398 e. The number of nitrogens with zero attached hydrogens (tertiary/aromatic N) is 2. The summed E-state index contributed by atoms with van der Waals surface area (Å²) in [6.07, 6.45) is 5.59. The third-order valence-corrected chi connectivity index (χ3v) is 5.52. The van der Waals surface area contributed by atoms with Crippen LogP contribution in [0, 0.1) is 0 Å². The molecule has 0 radical (unpaired) electrons. The molecule has 134 valence electrons. The molecule has 0 unspecified atom stereocenters. The lowest BCUT2D eigenvalue weighted by Crippen LogP contribution is -2.38. The number of likely N-dealkylation sites (tertiary alicyclic amines) is 1. The van der Waals surface area contributed by atoms with Crippen molar-refractivity contribution in [3.8, 4) is 0 Å². The van der Waals surface area contributed by atoms with Gasteiger partial charge in [-0.05, 0) is 48.6 Å². The second kappa shape index (κ2) is 6.82. The molecule has 0 atom stereocenters. The lowest BCUT2D eigenvalue weighted by molar-refractivity contribution is 0.0714. The predicted molar refractivity (Wildman–Crippen MR) is 105 cm³/mol. The van der Waals surface area contributed by atoms with Gasteiger partial charge in [0.25, 0.3) is 5.91 Å². The van der Waals surface area contributed by atoms with Crippen molar-refractivity contribution in [3.63, 3.8) is 0 Å². The van der Waals surface area contributed by atoms with Gasteiger partial charge in [0.1, 0.15) is 5.65 Å². The molecule has 1 amide bonds. The molecule has 1 fully saturated rings. The number of pyridine rings is 1. The summed E-state index contributed by atoms with van der Waals surface area (Å²) in [5, 5.41) is 1.88. The Morgan fingerprint density at radius 2 is 2.04 bits per heavy atom. The maximum Gasteiger partial charge on any atom is 0.257 e. The van der Waals surface area contributed by atoms with E-state index < -0.39 is 0 Å². The zero-order chi connectivity index (χ0) is 18.3. The van der Waals surface area contributed by atoms with Gasteiger partial charge >= 0.3 is 0 Å². The van der Waals surface area contributed by atoms with Crippen molar-refractivity contribution in [1.29, 1.82) is 0 Å². The molecule has 0 aliphatic carbocycles. The predicted octanol–water partition coefficient (Wildman–Crippen LogP) is 4.47. The van der Waals surface area contributed by atoms with Crippen LogP contribution in [0.4, 0.5) is 5.69 Å². The summed E-state index contributed by atoms with van der Waals surface area (Å²) in [5.41, 5.74) is 8.80. The smallest absolute Gasteiger partial charge is 0.257 e. The van der Waals surface area contributed by atoms with E-state index in [1.165, 1.54) is 5.56 Å². The van der Waals surface area contributed by atoms with Crippen LogP contribution in [0.5, 0.6) is 0 Å². The summed E-state index contributed by atoms with van der Waals surface area (Å²) < 4.78 is 0. The van der Waals surface area contributed by atoms with Crippen molar-refractivity contribution in [3.05, 3.63) is 57.8 Å². The quantitative estimate of drug-likeness (QED) is 0.635. The van der Waals surface area contributed by atoms with Crippen LogP contribution in [0.15, 0.2) is 36.7 Å². The van der Waals surface area contributed by atoms with E-state index in [9.17, 15) is 4.79 Å². The van der Waals surface area contributed by atoms with E-state index in [2.05, 4.69) is 16.0 Å². The number of hydrogen-bond donors (Lipinski definition) is 2. The number of H-pyrrole nitrogens is 1. The first-order valence-corrected chi connectivity index (χ1v) is 9.26. The number of nitrogens with one attached hydrogen (secondary N) is 1. The van der Waals surface area contributed by atoms with Gasteiger partial charge in [-0.1, -0.05) is 23.2 Å². The Morgan fingerprint density at radius 3 is 2.77 bits per heavy atom. The number of carbonyl (C=O) groups is 1. The molecule has 3 N–H and O–H groups in total. The third-order valence-electron chi connectivity index (χ3n) is 5.00. The molecule has 4 rings (SSSR count). The van der Waals surface area contributed by atoms with E-state index in [0.29, 0.717) is 40.3 Å². The number of carbonyl (C=O) groups excluding carboxylic acids is 1. The number of anilines is 1. The van der Waals surface area contributed by atoms with Crippen molar-refractivity contribution in [2.24, 2.45) is 0 Å². The van der Waals surface area contributed by atoms with Crippen LogP contribution in [0.3, 0.4) is 0 Å². The molecule has 0 bridgehead atoms. The van der Waals surface area contributed by atoms with Crippen LogP contribution in [0.1, 0.15) is 34.7 Å². The minimum atomic E-state index is -0.136. The highest BCUT2D eigenvalue weighted by atomic mass is 35.5. The molecule has 2 aromatic heterocycles. The van der Waals surface area contributed by atoms with Gasteiger partial charge in [-0.3, -0.25) is 4.79 Å². The SMILES string of the molecule is Nc1cc(Cl)cc(Cl)c1C(=O)N1CCC(c2c[nH]c3ncccc23)CC1. The van der Waals surface area contributed by atoms with Crippen molar-refractivity contribution in [2.75, 3.05) is 18.8 Å². The van der Waals surface area contributed by atoms with Crippen LogP contribution >= 0.6 is 23.2 Å². The number of benzene rings is 1. The number of aromatic amines is 1. The van der Waals surface area contributed by atoms with Crippen LogP contribution in [0.25, 0.3) is 11.0 Å². The molecule has 0 spiro atoms. The topological polar surface area (TPSA) is 75.0 Å². The summed E-state index contributed by atoms with van der Waals surface area (Å²) in [5.74, 6) is 0.262. The van der Waals surface area contributed by atoms with Gasteiger partial charge in [0, 0.05) is 41.6 Å². The maximum absolute atomic E-state index is 12.9. The number of rotatable bonds is 2. The second-order valence-corrected chi connectivity index (χ2v) is 7.41. The lowest BCUT2D eigenvalue weighted by Gasteiger charge is -2.32. The number of nitrogen functional groups attached to an aromatic ring is 1. The first kappa shape index (κ1) is 17.2. The summed E-state index contributed by atoms with van der Waals surface area (Å²) in [6.45, 7) is 1.32. The normalized spacial score (nSPS) is 15.5. The average Bonchev–Trinajstić information content (AvgIpc) is 3.05. The van der Waals surface area contributed by atoms with Gasteiger partial charge < -0.3 is 15.6 Å². The molecule has 3 aromatic rings. The number of fused-ring (bicyclic) bond motifs is 1. The van der Waals surface area contributed by atoms with E-state index >= 15 is 0 Å². The highest BCUT2D eigenvalue weighted by molar-refractivity contribution is 6.37. The molecule has 1 aliphatic heterocycles. The number of hydrogen-bond acceptors (Lipinski definition) is 3. The van der Waals surface area contributed by atoms with E-state index in [1.807, 2.05) is 17.2 Å². The van der Waals surface area contributed by atoms with E-state index in [0.717, 1.165) is 23.9 Å². The third kappa shape index (κ3) is 3.02. The molecule has 3 heterocycles. The van der Waals surface area contributed by atoms with Crippen LogP contribution in [-0.4, -0.2) is 33.9 Å². The Labute approximate surface area is 161 Å². The van der Waals surface area contributed by atoms with Gasteiger partial charge in [-0.2, -0.15) is 0 Å². The zero-order valence-electron chi connectivity index (χ0n) is 14.0. The number of aromatic nitrogens is 2. The van der Waals surface area contributed by atoms with Crippen LogP contribution < -0.4 is 5.73 Å².